The van der Waals surface area contributed by atoms with E-state index in [0.29, 0.717) is 5.56 Å². The van der Waals surface area contributed by atoms with E-state index in [1.165, 1.54) is 25.3 Å². The molecule has 4 rings (SSSR count). The summed E-state index contributed by atoms with van der Waals surface area (Å²) in [4.78, 5) is 4.57. The minimum atomic E-state index is -1.00. The van der Waals surface area contributed by atoms with Crippen LogP contribution in [0.1, 0.15) is 16.7 Å². The molecule has 0 aliphatic carbocycles. The number of aryl methyl sites for hydroxylation is 1. The van der Waals surface area contributed by atoms with Crippen molar-refractivity contribution in [2.24, 2.45) is 10.7 Å². The van der Waals surface area contributed by atoms with E-state index in [0.717, 1.165) is 16.9 Å². The number of hydrogen-bond donors (Lipinski definition) is 1. The zero-order valence-electron chi connectivity index (χ0n) is 17.4. The Labute approximate surface area is 179 Å². The Morgan fingerprint density at radius 3 is 2.29 bits per heavy atom. The number of amidine groups is 1. The highest BCUT2D eigenvalue weighted by Gasteiger charge is 2.41. The van der Waals surface area contributed by atoms with Gasteiger partial charge in [-0.2, -0.15) is 0 Å². The van der Waals surface area contributed by atoms with E-state index in [2.05, 4.69) is 4.99 Å². The second kappa shape index (κ2) is 7.91. The summed E-state index contributed by atoms with van der Waals surface area (Å²) < 4.78 is 45.6. The first kappa shape index (κ1) is 20.7. The third-order valence-electron chi connectivity index (χ3n) is 5.52. The first-order chi connectivity index (χ1) is 14.9. The van der Waals surface area contributed by atoms with E-state index in [9.17, 15) is 8.78 Å². The molecule has 1 heterocycles. The first-order valence-corrected chi connectivity index (χ1v) is 9.66. The predicted octanol–water partition coefficient (Wildman–Crippen LogP) is 4.55. The molecule has 0 aromatic heterocycles. The van der Waals surface area contributed by atoms with E-state index in [4.69, 9.17) is 19.9 Å². The Balaban J connectivity index is 1.91. The Hall–Kier alpha value is -3.61. The maximum absolute atomic E-state index is 14.9. The average Bonchev–Trinajstić information content (AvgIpc) is 3.17. The van der Waals surface area contributed by atoms with Crippen LogP contribution in [0.5, 0.6) is 11.5 Å². The zero-order valence-corrected chi connectivity index (χ0v) is 17.4. The van der Waals surface area contributed by atoms with Crippen LogP contribution in [0, 0.1) is 18.6 Å². The lowest BCUT2D eigenvalue weighted by atomic mass is 9.82. The maximum atomic E-state index is 14.9. The molecule has 0 saturated heterocycles. The highest BCUT2D eigenvalue weighted by molar-refractivity contribution is 5.76. The van der Waals surface area contributed by atoms with Crippen LogP contribution < -0.4 is 15.2 Å². The lowest BCUT2D eigenvalue weighted by Gasteiger charge is -2.27. The number of aliphatic imine (C=N–C) groups is 1. The Morgan fingerprint density at radius 1 is 0.935 bits per heavy atom. The standard InChI is InChI=1S/C24H22F2N2O3/c1-14-11-15(8-10-20(14)29-2)24(13-31-23(27)28-24)16-7-9-19(25)18(12-16)17-5-4-6-21(30-3)22(17)26/h4-12H,13H2,1-3H3,(H2,27,28). The summed E-state index contributed by atoms with van der Waals surface area (Å²) in [5, 5.41) is 0. The quantitative estimate of drug-likeness (QED) is 0.653. The number of hydrogen-bond acceptors (Lipinski definition) is 5. The molecule has 160 valence electrons. The molecule has 0 amide bonds. The van der Waals surface area contributed by atoms with E-state index < -0.39 is 17.2 Å². The van der Waals surface area contributed by atoms with Crippen LogP contribution in [0.2, 0.25) is 0 Å². The van der Waals surface area contributed by atoms with Crippen molar-refractivity contribution in [2.45, 2.75) is 12.5 Å². The van der Waals surface area contributed by atoms with Gasteiger partial charge < -0.3 is 19.9 Å². The van der Waals surface area contributed by atoms with Crippen LogP contribution in [0.3, 0.4) is 0 Å². The fourth-order valence-electron chi connectivity index (χ4n) is 3.89. The summed E-state index contributed by atoms with van der Waals surface area (Å²) >= 11 is 0. The number of nitrogens with two attached hydrogens (primary N) is 1. The summed E-state index contributed by atoms with van der Waals surface area (Å²) in [6, 6.07) is 14.8. The molecule has 0 bridgehead atoms. The average molecular weight is 424 g/mol. The molecule has 1 unspecified atom stereocenters. The van der Waals surface area contributed by atoms with E-state index >= 15 is 0 Å². The Bertz CT molecular complexity index is 1180. The molecule has 1 aliphatic rings. The summed E-state index contributed by atoms with van der Waals surface area (Å²) in [7, 11) is 2.96. The number of ether oxygens (including phenoxy) is 3. The van der Waals surface area contributed by atoms with E-state index in [-0.39, 0.29) is 29.5 Å². The van der Waals surface area contributed by atoms with Gasteiger partial charge in [0.1, 0.15) is 18.2 Å². The summed E-state index contributed by atoms with van der Waals surface area (Å²) in [6.07, 6.45) is 0. The van der Waals surface area contributed by atoms with Gasteiger partial charge in [0.25, 0.3) is 6.02 Å². The van der Waals surface area contributed by atoms with Crippen LogP contribution in [-0.2, 0) is 10.3 Å². The highest BCUT2D eigenvalue weighted by atomic mass is 19.1. The molecule has 2 N–H and O–H groups in total. The van der Waals surface area contributed by atoms with Crippen molar-refractivity contribution < 1.29 is 23.0 Å². The van der Waals surface area contributed by atoms with Gasteiger partial charge >= 0.3 is 0 Å². The van der Waals surface area contributed by atoms with Crippen molar-refractivity contribution >= 4 is 6.02 Å². The zero-order chi connectivity index (χ0) is 22.2. The van der Waals surface area contributed by atoms with Gasteiger partial charge in [0.2, 0.25) is 0 Å². The smallest absolute Gasteiger partial charge is 0.283 e. The van der Waals surface area contributed by atoms with Gasteiger partial charge in [-0.1, -0.05) is 24.3 Å². The molecule has 3 aromatic carbocycles. The second-order valence-electron chi connectivity index (χ2n) is 7.30. The van der Waals surface area contributed by atoms with Gasteiger partial charge in [0.05, 0.1) is 14.2 Å². The van der Waals surface area contributed by atoms with Crippen LogP contribution in [0.25, 0.3) is 11.1 Å². The van der Waals surface area contributed by atoms with Crippen molar-refractivity contribution in [3.8, 4) is 22.6 Å². The van der Waals surface area contributed by atoms with Gasteiger partial charge in [-0.25, -0.2) is 13.8 Å². The molecule has 5 nitrogen and oxygen atoms in total. The summed E-state index contributed by atoms with van der Waals surface area (Å²) in [6.45, 7) is 2.05. The van der Waals surface area contributed by atoms with Crippen LogP contribution >= 0.6 is 0 Å². The first-order valence-electron chi connectivity index (χ1n) is 9.66. The molecule has 0 fully saturated rings. The molecular formula is C24H22F2N2O3. The van der Waals surface area contributed by atoms with Crippen molar-refractivity contribution in [3.05, 3.63) is 82.9 Å². The second-order valence-corrected chi connectivity index (χ2v) is 7.30. The lowest BCUT2D eigenvalue weighted by molar-refractivity contribution is 0.278. The molecule has 0 saturated carbocycles. The normalized spacial score (nSPS) is 17.8. The molecule has 3 aromatic rings. The van der Waals surface area contributed by atoms with Gasteiger partial charge in [-0.05, 0) is 53.9 Å². The Morgan fingerprint density at radius 2 is 1.65 bits per heavy atom. The topological polar surface area (TPSA) is 66.1 Å². The number of halogens is 2. The van der Waals surface area contributed by atoms with Crippen molar-refractivity contribution in [1.82, 2.24) is 0 Å². The predicted molar refractivity (Wildman–Crippen MR) is 114 cm³/mol. The highest BCUT2D eigenvalue weighted by Crippen LogP contribution is 2.41. The minimum Gasteiger partial charge on any atom is -0.496 e. The third kappa shape index (κ3) is 3.46. The number of benzene rings is 3. The molecule has 0 spiro atoms. The number of nitrogens with zero attached hydrogens (tertiary/aromatic N) is 1. The van der Waals surface area contributed by atoms with E-state index in [1.807, 2.05) is 25.1 Å². The van der Waals surface area contributed by atoms with Crippen LogP contribution in [0.4, 0.5) is 8.78 Å². The largest absolute Gasteiger partial charge is 0.496 e. The van der Waals surface area contributed by atoms with E-state index in [1.54, 1.807) is 25.3 Å². The molecule has 0 radical (unpaired) electrons. The molecule has 7 heteroatoms. The van der Waals surface area contributed by atoms with Gasteiger partial charge in [0.15, 0.2) is 17.1 Å². The number of rotatable bonds is 5. The number of methoxy groups -OCH3 is 2. The summed E-state index contributed by atoms with van der Waals surface area (Å²) in [5.74, 6) is -0.434. The molecule has 31 heavy (non-hydrogen) atoms. The maximum Gasteiger partial charge on any atom is 0.283 e. The van der Waals surface area contributed by atoms with Gasteiger partial charge in [-0.15, -0.1) is 0 Å². The molecule has 1 atom stereocenters. The lowest BCUT2D eigenvalue weighted by Crippen LogP contribution is -2.27. The van der Waals surface area contributed by atoms with Crippen molar-refractivity contribution in [2.75, 3.05) is 20.8 Å². The van der Waals surface area contributed by atoms with Crippen molar-refractivity contribution in [3.63, 3.8) is 0 Å². The fourth-order valence-corrected chi connectivity index (χ4v) is 3.89. The monoisotopic (exact) mass is 424 g/mol. The van der Waals surface area contributed by atoms with Crippen LogP contribution in [-0.4, -0.2) is 26.8 Å². The van der Waals surface area contributed by atoms with Crippen LogP contribution in [0.15, 0.2) is 59.6 Å². The molecule has 1 aliphatic heterocycles. The third-order valence-corrected chi connectivity index (χ3v) is 5.52. The summed E-state index contributed by atoms with van der Waals surface area (Å²) in [5.41, 5.74) is 7.39. The Kier molecular flexibility index (Phi) is 5.27. The van der Waals surface area contributed by atoms with Gasteiger partial charge in [0, 0.05) is 11.1 Å². The minimum absolute atomic E-state index is 0.0342. The SMILES string of the molecule is COc1ccc(C2(c3ccc(F)c(-c4cccc(OC)c4F)c3)COC(N)=N2)cc1C. The molecular weight excluding hydrogens is 402 g/mol. The van der Waals surface area contributed by atoms with Gasteiger partial charge in [-0.3, -0.25) is 0 Å². The van der Waals surface area contributed by atoms with Crippen molar-refractivity contribution in [1.29, 1.82) is 0 Å². The fraction of sp³-hybridized carbons (Fsp3) is 0.208.